The van der Waals surface area contributed by atoms with E-state index in [1.807, 2.05) is 75.0 Å². The van der Waals surface area contributed by atoms with Gasteiger partial charge in [-0.2, -0.15) is 0 Å². The van der Waals surface area contributed by atoms with Gasteiger partial charge in [-0.25, -0.2) is 4.79 Å². The number of aromatic nitrogens is 1. The summed E-state index contributed by atoms with van der Waals surface area (Å²) in [4.78, 5) is 11.8. The predicted molar refractivity (Wildman–Crippen MR) is 110 cm³/mol. The molecule has 0 aliphatic heterocycles. The molecule has 5 nitrogen and oxygen atoms in total. The van der Waals surface area contributed by atoms with Crippen molar-refractivity contribution >= 4 is 16.9 Å². The molecule has 0 radical (unpaired) electrons. The highest BCUT2D eigenvalue weighted by molar-refractivity contribution is 5.87. The Kier molecular flexibility index (Phi) is 5.36. The SMILES string of the molecule is C=C(C)C(=O)OC(C)(C)CC(C)Oc1ccc2cc(-c3cccn3C)oc2c1. The van der Waals surface area contributed by atoms with Crippen molar-refractivity contribution in [2.45, 2.75) is 45.8 Å². The number of hydrogen-bond acceptors (Lipinski definition) is 4. The fraction of sp³-hybridized carbons (Fsp3) is 0.348. The van der Waals surface area contributed by atoms with Crippen LogP contribution in [0, 0.1) is 0 Å². The zero-order chi connectivity index (χ0) is 20.5. The highest BCUT2D eigenvalue weighted by Gasteiger charge is 2.26. The number of hydrogen-bond donors (Lipinski definition) is 0. The standard InChI is InChI=1S/C23H27NO4/c1-15(2)22(25)28-23(4,5)14-16(3)26-18-10-9-17-12-21(27-20(17)13-18)19-8-7-11-24(19)6/h7-13,16H,1,14H2,2-6H3. The van der Waals surface area contributed by atoms with Gasteiger partial charge in [0.15, 0.2) is 5.76 Å². The lowest BCUT2D eigenvalue weighted by molar-refractivity contribution is -0.153. The molecule has 148 valence electrons. The molecule has 0 aliphatic rings. The summed E-state index contributed by atoms with van der Waals surface area (Å²) < 4.78 is 19.6. The molecule has 0 fully saturated rings. The molecular formula is C23H27NO4. The van der Waals surface area contributed by atoms with Crippen molar-refractivity contribution in [3.63, 3.8) is 0 Å². The molecule has 0 saturated carbocycles. The zero-order valence-electron chi connectivity index (χ0n) is 17.1. The van der Waals surface area contributed by atoms with Crippen molar-refractivity contribution in [3.8, 4) is 17.2 Å². The number of carbonyl (C=O) groups excluding carboxylic acids is 1. The largest absolute Gasteiger partial charge is 0.490 e. The molecule has 1 atom stereocenters. The van der Waals surface area contributed by atoms with Gasteiger partial charge in [0, 0.05) is 36.7 Å². The Morgan fingerprint density at radius 3 is 2.68 bits per heavy atom. The first-order valence-corrected chi connectivity index (χ1v) is 9.35. The summed E-state index contributed by atoms with van der Waals surface area (Å²) in [7, 11) is 1.99. The van der Waals surface area contributed by atoms with Crippen LogP contribution in [-0.4, -0.2) is 22.2 Å². The summed E-state index contributed by atoms with van der Waals surface area (Å²) in [5, 5.41) is 1.02. The minimum absolute atomic E-state index is 0.146. The molecule has 0 N–H and O–H groups in total. The third-order valence-corrected chi connectivity index (χ3v) is 4.52. The molecule has 28 heavy (non-hydrogen) atoms. The fourth-order valence-electron chi connectivity index (χ4n) is 3.27. The summed E-state index contributed by atoms with van der Waals surface area (Å²) in [6.07, 6.45) is 2.39. The van der Waals surface area contributed by atoms with Crippen molar-refractivity contribution in [3.05, 3.63) is 54.7 Å². The van der Waals surface area contributed by atoms with Crippen molar-refractivity contribution in [2.24, 2.45) is 7.05 Å². The minimum Gasteiger partial charge on any atom is -0.490 e. The first-order valence-electron chi connectivity index (χ1n) is 9.35. The quantitative estimate of drug-likeness (QED) is 0.401. The molecule has 0 bridgehead atoms. The van der Waals surface area contributed by atoms with E-state index in [0.717, 1.165) is 28.2 Å². The van der Waals surface area contributed by atoms with Gasteiger partial charge in [0.2, 0.25) is 0 Å². The van der Waals surface area contributed by atoms with E-state index >= 15 is 0 Å². The molecule has 5 heteroatoms. The lowest BCUT2D eigenvalue weighted by Gasteiger charge is -2.28. The molecular weight excluding hydrogens is 354 g/mol. The van der Waals surface area contributed by atoms with Crippen LogP contribution in [0.1, 0.15) is 34.1 Å². The minimum atomic E-state index is -0.649. The van der Waals surface area contributed by atoms with Crippen LogP contribution in [0.5, 0.6) is 5.75 Å². The van der Waals surface area contributed by atoms with E-state index in [2.05, 4.69) is 6.58 Å². The van der Waals surface area contributed by atoms with Gasteiger partial charge in [-0.15, -0.1) is 0 Å². The summed E-state index contributed by atoms with van der Waals surface area (Å²) >= 11 is 0. The van der Waals surface area contributed by atoms with Gasteiger partial charge >= 0.3 is 5.97 Å². The molecule has 3 rings (SSSR count). The summed E-state index contributed by atoms with van der Waals surface area (Å²) in [6, 6.07) is 11.8. The summed E-state index contributed by atoms with van der Waals surface area (Å²) in [6.45, 7) is 11.0. The molecule has 2 heterocycles. The number of aryl methyl sites for hydroxylation is 1. The van der Waals surface area contributed by atoms with Crippen LogP contribution in [0.15, 0.2) is 59.2 Å². The molecule has 1 unspecified atom stereocenters. The topological polar surface area (TPSA) is 53.6 Å². The average Bonchev–Trinajstić information content (AvgIpc) is 3.18. The maximum atomic E-state index is 11.8. The van der Waals surface area contributed by atoms with Crippen LogP contribution < -0.4 is 4.74 Å². The highest BCUT2D eigenvalue weighted by Crippen LogP contribution is 2.31. The number of carbonyl (C=O) groups is 1. The summed E-state index contributed by atoms with van der Waals surface area (Å²) in [5.74, 6) is 1.15. The number of nitrogens with zero attached hydrogens (tertiary/aromatic N) is 1. The first kappa shape index (κ1) is 19.8. The van der Waals surface area contributed by atoms with Gasteiger partial charge < -0.3 is 18.5 Å². The molecule has 0 spiro atoms. The second kappa shape index (κ2) is 7.58. The number of rotatable bonds is 7. The Bertz CT molecular complexity index is 1010. The molecule has 0 aliphatic carbocycles. The van der Waals surface area contributed by atoms with E-state index in [9.17, 15) is 4.79 Å². The Morgan fingerprint density at radius 1 is 1.29 bits per heavy atom. The Morgan fingerprint density at radius 2 is 2.04 bits per heavy atom. The van der Waals surface area contributed by atoms with Crippen LogP contribution in [0.4, 0.5) is 0 Å². The van der Waals surface area contributed by atoms with E-state index in [1.54, 1.807) is 6.92 Å². The van der Waals surface area contributed by atoms with Crippen LogP contribution in [0.3, 0.4) is 0 Å². The normalized spacial score (nSPS) is 12.8. The average molecular weight is 381 g/mol. The fourth-order valence-corrected chi connectivity index (χ4v) is 3.27. The molecule has 0 amide bonds. The van der Waals surface area contributed by atoms with Gasteiger partial charge in [0.25, 0.3) is 0 Å². The van der Waals surface area contributed by atoms with E-state index in [1.165, 1.54) is 0 Å². The van der Waals surface area contributed by atoms with E-state index in [-0.39, 0.29) is 12.1 Å². The second-order valence-corrected chi connectivity index (χ2v) is 7.88. The lowest BCUT2D eigenvalue weighted by Crippen LogP contribution is -2.33. The molecule has 1 aromatic carbocycles. The number of ether oxygens (including phenoxy) is 2. The third-order valence-electron chi connectivity index (χ3n) is 4.52. The van der Waals surface area contributed by atoms with E-state index in [0.29, 0.717) is 12.0 Å². The van der Waals surface area contributed by atoms with Gasteiger partial charge in [-0.05, 0) is 58.0 Å². The van der Waals surface area contributed by atoms with E-state index < -0.39 is 5.60 Å². The summed E-state index contributed by atoms with van der Waals surface area (Å²) in [5.41, 5.74) is 1.53. The predicted octanol–water partition coefficient (Wildman–Crippen LogP) is 5.49. The first-order chi connectivity index (χ1) is 13.1. The van der Waals surface area contributed by atoms with Crippen LogP contribution in [-0.2, 0) is 16.6 Å². The highest BCUT2D eigenvalue weighted by atomic mass is 16.6. The number of furan rings is 1. The van der Waals surface area contributed by atoms with Crippen LogP contribution in [0.25, 0.3) is 22.4 Å². The second-order valence-electron chi connectivity index (χ2n) is 7.88. The van der Waals surface area contributed by atoms with Gasteiger partial charge in [0.05, 0.1) is 11.8 Å². The monoisotopic (exact) mass is 381 g/mol. The van der Waals surface area contributed by atoms with Gasteiger partial charge in [-0.1, -0.05) is 6.58 Å². The van der Waals surface area contributed by atoms with Crippen LogP contribution in [0.2, 0.25) is 0 Å². The van der Waals surface area contributed by atoms with Crippen molar-refractivity contribution in [1.29, 1.82) is 0 Å². The van der Waals surface area contributed by atoms with Crippen molar-refractivity contribution in [2.75, 3.05) is 0 Å². The van der Waals surface area contributed by atoms with Gasteiger partial charge in [-0.3, -0.25) is 0 Å². The molecule has 2 aromatic heterocycles. The maximum absolute atomic E-state index is 11.8. The number of esters is 1. The van der Waals surface area contributed by atoms with E-state index in [4.69, 9.17) is 13.9 Å². The molecule has 0 saturated heterocycles. The molecule has 3 aromatic rings. The Balaban J connectivity index is 1.71. The zero-order valence-corrected chi connectivity index (χ0v) is 17.1. The Hall–Kier alpha value is -2.95. The third kappa shape index (κ3) is 4.47. The van der Waals surface area contributed by atoms with Crippen molar-refractivity contribution < 1.29 is 18.7 Å². The number of benzene rings is 1. The van der Waals surface area contributed by atoms with Gasteiger partial charge in [0.1, 0.15) is 16.9 Å². The number of fused-ring (bicyclic) bond motifs is 1. The lowest BCUT2D eigenvalue weighted by atomic mass is 10.0. The maximum Gasteiger partial charge on any atom is 0.333 e. The smallest absolute Gasteiger partial charge is 0.333 e. The van der Waals surface area contributed by atoms with Crippen molar-refractivity contribution in [1.82, 2.24) is 4.57 Å². The Labute approximate surface area is 165 Å². The van der Waals surface area contributed by atoms with Crippen LogP contribution >= 0.6 is 0 Å².